The smallest absolute Gasteiger partial charge is 0.143 e. The molecule has 4 heteroatoms. The van der Waals surface area contributed by atoms with Gasteiger partial charge < -0.3 is 4.57 Å². The molecule has 1 fully saturated rings. The third kappa shape index (κ3) is 2.00. The Balaban J connectivity index is 2.04. The van der Waals surface area contributed by atoms with Crippen LogP contribution in [0, 0.1) is 5.92 Å². The number of aromatic nitrogens is 3. The van der Waals surface area contributed by atoms with Gasteiger partial charge in [-0.1, -0.05) is 41.6 Å². The number of halogens is 1. The maximum absolute atomic E-state index is 4.23. The van der Waals surface area contributed by atoms with E-state index in [4.69, 9.17) is 0 Å². The van der Waals surface area contributed by atoms with Crippen LogP contribution in [0.2, 0.25) is 0 Å². The zero-order valence-electron chi connectivity index (χ0n) is 8.54. The summed E-state index contributed by atoms with van der Waals surface area (Å²) in [5, 5.41) is 9.17. The number of alkyl halides is 1. The van der Waals surface area contributed by atoms with Crippen LogP contribution in [0.1, 0.15) is 37.3 Å². The summed E-state index contributed by atoms with van der Waals surface area (Å²) in [6, 6.07) is 0. The van der Waals surface area contributed by atoms with Gasteiger partial charge in [0.15, 0.2) is 0 Å². The van der Waals surface area contributed by atoms with E-state index in [1.165, 1.54) is 25.7 Å². The van der Waals surface area contributed by atoms with Crippen LogP contribution in [0.3, 0.4) is 0 Å². The minimum Gasteiger partial charge on any atom is -0.317 e. The molecule has 1 aromatic heterocycles. The van der Waals surface area contributed by atoms with Crippen molar-refractivity contribution < 1.29 is 0 Å². The summed E-state index contributed by atoms with van der Waals surface area (Å²) in [7, 11) is 2.06. The monoisotopic (exact) mass is 257 g/mol. The van der Waals surface area contributed by atoms with E-state index in [1.807, 2.05) is 0 Å². The van der Waals surface area contributed by atoms with Gasteiger partial charge in [0.25, 0.3) is 0 Å². The molecule has 0 atom stereocenters. The molecule has 78 valence electrons. The van der Waals surface area contributed by atoms with Crippen molar-refractivity contribution in [3.05, 3.63) is 11.6 Å². The predicted octanol–water partition coefficient (Wildman–Crippen LogP) is 2.44. The van der Waals surface area contributed by atoms with Crippen molar-refractivity contribution in [1.82, 2.24) is 14.8 Å². The molecule has 1 aliphatic carbocycles. The Morgan fingerprint density at radius 1 is 1.29 bits per heavy atom. The molecule has 3 nitrogen and oxygen atoms in total. The fourth-order valence-corrected chi connectivity index (χ4v) is 2.65. The van der Waals surface area contributed by atoms with Gasteiger partial charge in [0, 0.05) is 13.5 Å². The third-order valence-electron chi connectivity index (χ3n) is 3.12. The summed E-state index contributed by atoms with van der Waals surface area (Å²) in [4.78, 5) is 0. The fourth-order valence-electron chi connectivity index (χ4n) is 2.17. The lowest BCUT2D eigenvalue weighted by molar-refractivity contribution is 0.519. The number of nitrogens with zero attached hydrogens (tertiary/aromatic N) is 3. The van der Waals surface area contributed by atoms with E-state index in [0.29, 0.717) is 0 Å². The lowest BCUT2D eigenvalue weighted by atomic mass is 10.0. The van der Waals surface area contributed by atoms with Crippen LogP contribution in [0.5, 0.6) is 0 Å². The standard InChI is InChI=1S/C10H16BrN3/c1-14-9(12-13-10(14)7-11)6-8-4-2-3-5-8/h8H,2-7H2,1H3. The summed E-state index contributed by atoms with van der Waals surface area (Å²) in [5.41, 5.74) is 0. The van der Waals surface area contributed by atoms with Gasteiger partial charge in [-0.05, 0) is 5.92 Å². The zero-order valence-corrected chi connectivity index (χ0v) is 10.1. The van der Waals surface area contributed by atoms with Crippen molar-refractivity contribution in [2.45, 2.75) is 37.4 Å². The van der Waals surface area contributed by atoms with Crippen molar-refractivity contribution in [3.8, 4) is 0 Å². The van der Waals surface area contributed by atoms with E-state index >= 15 is 0 Å². The maximum atomic E-state index is 4.23. The second-order valence-corrected chi connectivity index (χ2v) is 4.64. The minimum atomic E-state index is 0.793. The average Bonchev–Trinajstić information content (AvgIpc) is 2.79. The molecule has 0 N–H and O–H groups in total. The topological polar surface area (TPSA) is 30.7 Å². The molecule has 0 amide bonds. The molecule has 1 aromatic rings. The Morgan fingerprint density at radius 2 is 1.93 bits per heavy atom. The molecule has 2 rings (SSSR count). The maximum Gasteiger partial charge on any atom is 0.143 e. The van der Waals surface area contributed by atoms with Crippen molar-refractivity contribution in [1.29, 1.82) is 0 Å². The Labute approximate surface area is 93.0 Å². The van der Waals surface area contributed by atoms with Crippen LogP contribution in [-0.4, -0.2) is 14.8 Å². The SMILES string of the molecule is Cn1c(CBr)nnc1CC1CCCC1. The van der Waals surface area contributed by atoms with Gasteiger partial charge in [-0.3, -0.25) is 0 Å². The van der Waals surface area contributed by atoms with Crippen LogP contribution in [-0.2, 0) is 18.8 Å². The highest BCUT2D eigenvalue weighted by Crippen LogP contribution is 2.27. The number of rotatable bonds is 3. The second kappa shape index (κ2) is 4.43. The van der Waals surface area contributed by atoms with Crippen molar-refractivity contribution in [2.75, 3.05) is 0 Å². The first-order chi connectivity index (χ1) is 6.81. The van der Waals surface area contributed by atoms with E-state index in [-0.39, 0.29) is 0 Å². The lowest BCUT2D eigenvalue weighted by Crippen LogP contribution is -2.06. The molecule has 0 aromatic carbocycles. The first kappa shape index (κ1) is 10.1. The van der Waals surface area contributed by atoms with Gasteiger partial charge in [-0.25, -0.2) is 0 Å². The third-order valence-corrected chi connectivity index (χ3v) is 3.62. The molecular formula is C10H16BrN3. The van der Waals surface area contributed by atoms with Crippen LogP contribution >= 0.6 is 15.9 Å². The fraction of sp³-hybridized carbons (Fsp3) is 0.800. The van der Waals surface area contributed by atoms with Crippen LogP contribution < -0.4 is 0 Å². The highest BCUT2D eigenvalue weighted by atomic mass is 79.9. The van der Waals surface area contributed by atoms with E-state index in [9.17, 15) is 0 Å². The quantitative estimate of drug-likeness (QED) is 0.779. The highest BCUT2D eigenvalue weighted by Gasteiger charge is 2.18. The molecule has 1 heterocycles. The average molecular weight is 258 g/mol. The zero-order chi connectivity index (χ0) is 9.97. The Bertz CT molecular complexity index is 302. The molecule has 0 spiro atoms. The van der Waals surface area contributed by atoms with Gasteiger partial charge >= 0.3 is 0 Å². The Morgan fingerprint density at radius 3 is 2.50 bits per heavy atom. The predicted molar refractivity (Wildman–Crippen MR) is 59.3 cm³/mol. The highest BCUT2D eigenvalue weighted by molar-refractivity contribution is 9.08. The molecular weight excluding hydrogens is 242 g/mol. The summed E-state index contributed by atoms with van der Waals surface area (Å²) in [6.45, 7) is 0. The first-order valence-electron chi connectivity index (χ1n) is 5.24. The number of hydrogen-bond acceptors (Lipinski definition) is 2. The van der Waals surface area contributed by atoms with Crippen LogP contribution in [0.15, 0.2) is 0 Å². The molecule has 0 bridgehead atoms. The summed E-state index contributed by atoms with van der Waals surface area (Å²) < 4.78 is 2.12. The van der Waals surface area contributed by atoms with Gasteiger partial charge in [0.05, 0.1) is 5.33 Å². The molecule has 0 saturated heterocycles. The van der Waals surface area contributed by atoms with Crippen LogP contribution in [0.25, 0.3) is 0 Å². The van der Waals surface area contributed by atoms with Crippen molar-refractivity contribution >= 4 is 15.9 Å². The van der Waals surface area contributed by atoms with E-state index in [1.54, 1.807) is 0 Å². The lowest BCUT2D eigenvalue weighted by Gasteiger charge is -2.07. The second-order valence-electron chi connectivity index (χ2n) is 4.08. The molecule has 1 saturated carbocycles. The molecule has 0 aliphatic heterocycles. The Kier molecular flexibility index (Phi) is 3.21. The van der Waals surface area contributed by atoms with Gasteiger partial charge in [-0.2, -0.15) is 0 Å². The van der Waals surface area contributed by atoms with Crippen molar-refractivity contribution in [2.24, 2.45) is 13.0 Å². The Hall–Kier alpha value is -0.380. The normalized spacial score (nSPS) is 17.9. The molecule has 1 aliphatic rings. The molecule has 0 radical (unpaired) electrons. The van der Waals surface area contributed by atoms with Gasteiger partial charge in [-0.15, -0.1) is 10.2 Å². The van der Waals surface area contributed by atoms with E-state index in [2.05, 4.69) is 37.7 Å². The summed E-state index contributed by atoms with van der Waals surface area (Å²) in [5.74, 6) is 3.02. The molecule has 0 unspecified atom stereocenters. The molecule has 14 heavy (non-hydrogen) atoms. The summed E-state index contributed by atoms with van der Waals surface area (Å²) >= 11 is 3.41. The van der Waals surface area contributed by atoms with Gasteiger partial charge in [0.2, 0.25) is 0 Å². The van der Waals surface area contributed by atoms with Gasteiger partial charge in [0.1, 0.15) is 11.6 Å². The largest absolute Gasteiger partial charge is 0.317 e. The number of hydrogen-bond donors (Lipinski definition) is 0. The van der Waals surface area contributed by atoms with Crippen LogP contribution in [0.4, 0.5) is 0 Å². The van der Waals surface area contributed by atoms with Crippen molar-refractivity contribution in [3.63, 3.8) is 0 Å². The van der Waals surface area contributed by atoms with E-state index in [0.717, 1.165) is 29.3 Å². The summed E-state index contributed by atoms with van der Waals surface area (Å²) in [6.07, 6.45) is 6.64. The van der Waals surface area contributed by atoms with E-state index < -0.39 is 0 Å². The minimum absolute atomic E-state index is 0.793. The first-order valence-corrected chi connectivity index (χ1v) is 6.36.